The van der Waals surface area contributed by atoms with Crippen molar-refractivity contribution < 1.29 is 13.2 Å². The Morgan fingerprint density at radius 3 is 2.39 bits per heavy atom. The quantitative estimate of drug-likeness (QED) is 0.380. The second kappa shape index (κ2) is 9.25. The molecule has 0 radical (unpaired) electrons. The van der Waals surface area contributed by atoms with Crippen LogP contribution in [-0.2, 0) is 23.1 Å². The predicted molar refractivity (Wildman–Crippen MR) is 120 cm³/mol. The van der Waals surface area contributed by atoms with Gasteiger partial charge >= 0.3 is 0 Å². The molecule has 0 fully saturated rings. The third kappa shape index (κ3) is 5.26. The number of amides is 1. The lowest BCUT2D eigenvalue weighted by Gasteiger charge is -2.08. The normalized spacial score (nSPS) is 11.4. The Morgan fingerprint density at radius 1 is 0.968 bits per heavy atom. The number of hydrogen-bond acceptors (Lipinski definition) is 5. The van der Waals surface area contributed by atoms with Crippen molar-refractivity contribution in [3.63, 3.8) is 0 Å². The number of hydrogen-bond donors (Lipinski definition) is 3. The van der Waals surface area contributed by atoms with Crippen LogP contribution < -0.4 is 10.0 Å². The monoisotopic (exact) mass is 452 g/mol. The van der Waals surface area contributed by atoms with E-state index < -0.39 is 10.0 Å². The van der Waals surface area contributed by atoms with Gasteiger partial charge in [-0.25, -0.2) is 13.1 Å². The van der Waals surface area contributed by atoms with Gasteiger partial charge in [-0.3, -0.25) is 9.89 Å². The molecule has 0 saturated carbocycles. The minimum absolute atomic E-state index is 0.120. The van der Waals surface area contributed by atoms with Gasteiger partial charge in [-0.1, -0.05) is 30.3 Å². The molecule has 31 heavy (non-hydrogen) atoms. The fourth-order valence-corrected chi connectivity index (χ4v) is 4.69. The van der Waals surface area contributed by atoms with E-state index in [9.17, 15) is 13.2 Å². The van der Waals surface area contributed by atoms with E-state index in [1.165, 1.54) is 35.6 Å². The van der Waals surface area contributed by atoms with E-state index in [4.69, 9.17) is 0 Å². The third-order valence-corrected chi connectivity index (χ3v) is 6.96. The number of aromatic nitrogens is 2. The summed E-state index contributed by atoms with van der Waals surface area (Å²) in [5, 5.41) is 11.6. The molecule has 2 aromatic heterocycles. The highest BCUT2D eigenvalue weighted by Crippen LogP contribution is 2.17. The van der Waals surface area contributed by atoms with Crippen molar-refractivity contribution in [1.29, 1.82) is 0 Å². The van der Waals surface area contributed by atoms with E-state index in [0.29, 0.717) is 12.1 Å². The van der Waals surface area contributed by atoms with Crippen LogP contribution in [0.3, 0.4) is 0 Å². The van der Waals surface area contributed by atoms with Crippen molar-refractivity contribution in [2.75, 3.05) is 0 Å². The molecule has 0 spiro atoms. The summed E-state index contributed by atoms with van der Waals surface area (Å²) >= 11 is 1.48. The summed E-state index contributed by atoms with van der Waals surface area (Å²) < 4.78 is 27.4. The van der Waals surface area contributed by atoms with Gasteiger partial charge in [0.15, 0.2) is 0 Å². The maximum atomic E-state index is 12.4. The molecule has 0 aliphatic carbocycles. The molecular formula is C22H20N4O3S2. The predicted octanol–water partition coefficient (Wildman–Crippen LogP) is 3.55. The Balaban J connectivity index is 1.33. The SMILES string of the molecule is O=C(NCc1ccc(-c2ccn[nH]2)cc1)c1ccc(S(=O)(=O)NCc2cccs2)cc1. The van der Waals surface area contributed by atoms with Gasteiger partial charge in [-0.05, 0) is 52.9 Å². The average molecular weight is 453 g/mol. The van der Waals surface area contributed by atoms with Crippen LogP contribution in [0.4, 0.5) is 0 Å². The molecule has 158 valence electrons. The van der Waals surface area contributed by atoms with Crippen LogP contribution >= 0.6 is 11.3 Å². The lowest BCUT2D eigenvalue weighted by atomic mass is 10.1. The van der Waals surface area contributed by atoms with E-state index in [1.54, 1.807) is 6.20 Å². The van der Waals surface area contributed by atoms with Gasteiger partial charge in [-0.15, -0.1) is 11.3 Å². The zero-order valence-electron chi connectivity index (χ0n) is 16.4. The molecule has 3 N–H and O–H groups in total. The smallest absolute Gasteiger partial charge is 0.251 e. The van der Waals surface area contributed by atoms with Crippen LogP contribution in [0.1, 0.15) is 20.8 Å². The maximum Gasteiger partial charge on any atom is 0.251 e. The van der Waals surface area contributed by atoms with Gasteiger partial charge in [0.25, 0.3) is 5.91 Å². The highest BCUT2D eigenvalue weighted by Gasteiger charge is 2.15. The fourth-order valence-electron chi connectivity index (χ4n) is 2.95. The molecule has 0 bridgehead atoms. The molecule has 4 rings (SSSR count). The first kappa shape index (κ1) is 21.0. The Labute approximate surface area is 184 Å². The van der Waals surface area contributed by atoms with Gasteiger partial charge in [0.05, 0.1) is 10.6 Å². The second-order valence-electron chi connectivity index (χ2n) is 6.78. The number of aromatic amines is 1. The number of H-pyrrole nitrogens is 1. The van der Waals surface area contributed by atoms with Crippen LogP contribution in [0, 0.1) is 0 Å². The fraction of sp³-hybridized carbons (Fsp3) is 0.0909. The van der Waals surface area contributed by atoms with E-state index in [0.717, 1.165) is 21.7 Å². The molecule has 2 aromatic carbocycles. The number of benzene rings is 2. The third-order valence-electron chi connectivity index (χ3n) is 4.66. The summed E-state index contributed by atoms with van der Waals surface area (Å²) in [6.07, 6.45) is 1.69. The summed E-state index contributed by atoms with van der Waals surface area (Å²) in [6, 6.07) is 19.3. The highest BCUT2D eigenvalue weighted by atomic mass is 32.2. The van der Waals surface area contributed by atoms with Crippen molar-refractivity contribution in [3.05, 3.63) is 94.3 Å². The second-order valence-corrected chi connectivity index (χ2v) is 9.58. The topological polar surface area (TPSA) is 104 Å². The minimum Gasteiger partial charge on any atom is -0.348 e. The van der Waals surface area contributed by atoms with Crippen molar-refractivity contribution in [2.45, 2.75) is 18.0 Å². The van der Waals surface area contributed by atoms with Gasteiger partial charge < -0.3 is 5.32 Å². The summed E-state index contributed by atoms with van der Waals surface area (Å²) in [5.41, 5.74) is 3.28. The lowest BCUT2D eigenvalue weighted by molar-refractivity contribution is 0.0951. The summed E-state index contributed by atoms with van der Waals surface area (Å²) in [5.74, 6) is -0.270. The van der Waals surface area contributed by atoms with E-state index in [-0.39, 0.29) is 17.3 Å². The summed E-state index contributed by atoms with van der Waals surface area (Å²) in [6.45, 7) is 0.603. The molecule has 4 aromatic rings. The molecule has 0 atom stereocenters. The Hall–Kier alpha value is -3.27. The van der Waals surface area contributed by atoms with Crippen LogP contribution in [0.5, 0.6) is 0 Å². The number of nitrogens with one attached hydrogen (secondary N) is 3. The Kier molecular flexibility index (Phi) is 6.26. The number of sulfonamides is 1. The molecule has 0 aliphatic rings. The first-order chi connectivity index (χ1) is 15.0. The maximum absolute atomic E-state index is 12.4. The van der Waals surface area contributed by atoms with E-state index in [2.05, 4.69) is 20.2 Å². The summed E-state index contributed by atoms with van der Waals surface area (Å²) in [4.78, 5) is 13.5. The Bertz CT molecular complexity index is 1230. The van der Waals surface area contributed by atoms with Crippen LogP contribution in [-0.4, -0.2) is 24.5 Å². The molecule has 9 heteroatoms. The van der Waals surface area contributed by atoms with Crippen molar-refractivity contribution in [3.8, 4) is 11.3 Å². The Morgan fingerprint density at radius 2 is 1.74 bits per heavy atom. The van der Waals surface area contributed by atoms with Gasteiger partial charge in [0.1, 0.15) is 0 Å². The number of carbonyl (C=O) groups excluding carboxylic acids is 1. The molecule has 7 nitrogen and oxygen atoms in total. The van der Waals surface area contributed by atoms with Crippen LogP contribution in [0.25, 0.3) is 11.3 Å². The largest absolute Gasteiger partial charge is 0.348 e. The zero-order chi connectivity index (χ0) is 21.7. The van der Waals surface area contributed by atoms with Crippen LogP contribution in [0.2, 0.25) is 0 Å². The average Bonchev–Trinajstić information content (AvgIpc) is 3.51. The summed E-state index contributed by atoms with van der Waals surface area (Å²) in [7, 11) is -3.64. The standard InChI is InChI=1S/C22H20N4O3S2/c27-22(23-14-16-3-5-17(6-4-16)21-11-12-24-26-21)18-7-9-20(10-8-18)31(28,29)25-15-19-2-1-13-30-19/h1-13,25H,14-15H2,(H,23,27)(H,24,26). The molecular weight excluding hydrogens is 432 g/mol. The number of carbonyl (C=O) groups is 1. The van der Waals surface area contributed by atoms with Crippen molar-refractivity contribution >= 4 is 27.3 Å². The van der Waals surface area contributed by atoms with Gasteiger partial charge in [0, 0.05) is 29.7 Å². The highest BCUT2D eigenvalue weighted by molar-refractivity contribution is 7.89. The van der Waals surface area contributed by atoms with Crippen molar-refractivity contribution in [1.82, 2.24) is 20.2 Å². The lowest BCUT2D eigenvalue weighted by Crippen LogP contribution is -2.24. The zero-order valence-corrected chi connectivity index (χ0v) is 18.0. The molecule has 0 saturated heterocycles. The number of thiophene rings is 1. The van der Waals surface area contributed by atoms with Gasteiger partial charge in [0.2, 0.25) is 10.0 Å². The minimum atomic E-state index is -3.64. The molecule has 1 amide bonds. The molecule has 0 unspecified atom stereocenters. The van der Waals surface area contributed by atoms with E-state index in [1.807, 2.05) is 47.8 Å². The molecule has 0 aliphatic heterocycles. The molecule has 2 heterocycles. The van der Waals surface area contributed by atoms with Gasteiger partial charge in [-0.2, -0.15) is 5.10 Å². The van der Waals surface area contributed by atoms with E-state index >= 15 is 0 Å². The van der Waals surface area contributed by atoms with Crippen molar-refractivity contribution in [2.24, 2.45) is 0 Å². The van der Waals surface area contributed by atoms with Crippen LogP contribution in [0.15, 0.2) is 83.2 Å². The first-order valence-corrected chi connectivity index (χ1v) is 11.9. The number of rotatable bonds is 8. The number of nitrogens with zero attached hydrogens (tertiary/aromatic N) is 1. The first-order valence-electron chi connectivity index (χ1n) is 9.50.